The Morgan fingerprint density at radius 3 is 2.17 bits per heavy atom. The number of ketones is 1. The standard InChI is InChI=1S/C26H30N2O7/c1-32-19-15-18(16-20(33-2)25(19)34-3)22-21(23(29)17-7-5-4-6-8-17)24(30)26(31)28(22)10-9-27-11-13-35-14-12-27/h4-8,15-16,22,29H,9-14H2,1-3H3/t22-/m1/s1. The molecule has 1 atom stereocenters. The minimum absolute atomic E-state index is 0.0254. The number of benzene rings is 2. The van der Waals surface area contributed by atoms with Crippen molar-refractivity contribution >= 4 is 17.4 Å². The maximum atomic E-state index is 13.3. The van der Waals surface area contributed by atoms with Gasteiger partial charge in [0.25, 0.3) is 11.7 Å². The number of hydrogen-bond acceptors (Lipinski definition) is 8. The number of morpholine rings is 1. The summed E-state index contributed by atoms with van der Waals surface area (Å²) >= 11 is 0. The Balaban J connectivity index is 1.82. The van der Waals surface area contributed by atoms with Gasteiger partial charge in [-0.15, -0.1) is 0 Å². The quantitative estimate of drug-likeness (QED) is 0.348. The molecule has 4 rings (SSSR count). The molecule has 2 aromatic carbocycles. The lowest BCUT2D eigenvalue weighted by atomic mass is 9.94. The van der Waals surface area contributed by atoms with Crippen molar-refractivity contribution in [1.29, 1.82) is 0 Å². The Labute approximate surface area is 204 Å². The Bertz CT molecular complexity index is 1080. The van der Waals surface area contributed by atoms with Gasteiger partial charge in [0.15, 0.2) is 11.5 Å². The largest absolute Gasteiger partial charge is 0.507 e. The Morgan fingerprint density at radius 1 is 0.971 bits per heavy atom. The molecule has 2 saturated heterocycles. The predicted octanol–water partition coefficient (Wildman–Crippen LogP) is 2.47. The molecule has 9 nitrogen and oxygen atoms in total. The number of methoxy groups -OCH3 is 3. The van der Waals surface area contributed by atoms with E-state index in [1.54, 1.807) is 36.4 Å². The van der Waals surface area contributed by atoms with Crippen LogP contribution in [0.25, 0.3) is 5.76 Å². The van der Waals surface area contributed by atoms with E-state index < -0.39 is 17.7 Å². The Morgan fingerprint density at radius 2 is 1.60 bits per heavy atom. The highest BCUT2D eigenvalue weighted by Gasteiger charge is 2.46. The van der Waals surface area contributed by atoms with Crippen molar-refractivity contribution in [1.82, 2.24) is 9.80 Å². The van der Waals surface area contributed by atoms with Crippen molar-refractivity contribution in [2.24, 2.45) is 0 Å². The average Bonchev–Trinajstić information content (AvgIpc) is 3.16. The first kappa shape index (κ1) is 24.6. The highest BCUT2D eigenvalue weighted by atomic mass is 16.5. The number of aliphatic hydroxyl groups is 1. The molecule has 9 heteroatoms. The van der Waals surface area contributed by atoms with Crippen LogP contribution in [0.2, 0.25) is 0 Å². The zero-order valence-corrected chi connectivity index (χ0v) is 20.2. The fraction of sp³-hybridized carbons (Fsp3) is 0.385. The van der Waals surface area contributed by atoms with E-state index in [1.165, 1.54) is 26.2 Å². The van der Waals surface area contributed by atoms with Gasteiger partial charge in [0.1, 0.15) is 5.76 Å². The first-order chi connectivity index (χ1) is 17.0. The molecule has 2 heterocycles. The van der Waals surface area contributed by atoms with Gasteiger partial charge in [-0.25, -0.2) is 0 Å². The third-order valence-corrected chi connectivity index (χ3v) is 6.35. The van der Waals surface area contributed by atoms with Crippen LogP contribution in [0.4, 0.5) is 0 Å². The van der Waals surface area contributed by atoms with Crippen LogP contribution >= 0.6 is 0 Å². The maximum absolute atomic E-state index is 13.3. The van der Waals surface area contributed by atoms with Gasteiger partial charge in [0.05, 0.1) is 46.2 Å². The van der Waals surface area contributed by atoms with Crippen LogP contribution in [-0.2, 0) is 14.3 Å². The summed E-state index contributed by atoms with van der Waals surface area (Å²) in [5, 5.41) is 11.2. The number of rotatable bonds is 8. The summed E-state index contributed by atoms with van der Waals surface area (Å²) in [4.78, 5) is 30.2. The van der Waals surface area contributed by atoms with Crippen molar-refractivity contribution in [3.63, 3.8) is 0 Å². The average molecular weight is 483 g/mol. The summed E-state index contributed by atoms with van der Waals surface area (Å²) in [6.07, 6.45) is 0. The first-order valence-electron chi connectivity index (χ1n) is 11.4. The molecular formula is C26H30N2O7. The molecule has 0 radical (unpaired) electrons. The van der Waals surface area contributed by atoms with Crippen LogP contribution in [0.3, 0.4) is 0 Å². The molecule has 0 unspecified atom stereocenters. The summed E-state index contributed by atoms with van der Waals surface area (Å²) in [5.41, 5.74) is 1.05. The minimum atomic E-state index is -0.829. The first-order valence-corrected chi connectivity index (χ1v) is 11.4. The second-order valence-electron chi connectivity index (χ2n) is 8.27. The van der Waals surface area contributed by atoms with Crippen LogP contribution < -0.4 is 14.2 Å². The molecule has 1 amide bonds. The molecule has 0 spiro atoms. The third-order valence-electron chi connectivity index (χ3n) is 6.35. The van der Waals surface area contributed by atoms with E-state index in [0.29, 0.717) is 54.7 Å². The third kappa shape index (κ3) is 4.82. The number of likely N-dealkylation sites (tertiary alicyclic amines) is 1. The summed E-state index contributed by atoms with van der Waals surface area (Å²) in [7, 11) is 4.50. The molecule has 0 saturated carbocycles. The zero-order chi connectivity index (χ0) is 24.9. The van der Waals surface area contributed by atoms with Crippen LogP contribution in [0.1, 0.15) is 17.2 Å². The lowest BCUT2D eigenvalue weighted by Crippen LogP contribution is -2.42. The predicted molar refractivity (Wildman–Crippen MR) is 129 cm³/mol. The fourth-order valence-corrected chi connectivity index (χ4v) is 4.54. The molecule has 2 aromatic rings. The molecule has 186 valence electrons. The number of hydrogen-bond donors (Lipinski definition) is 1. The van der Waals surface area contributed by atoms with E-state index in [9.17, 15) is 14.7 Å². The number of ether oxygens (including phenoxy) is 4. The topological polar surface area (TPSA) is 97.8 Å². The highest BCUT2D eigenvalue weighted by Crippen LogP contribution is 2.45. The number of Topliss-reactive ketones (excluding diaryl/α,β-unsaturated/α-hetero) is 1. The van der Waals surface area contributed by atoms with E-state index in [0.717, 1.165) is 13.1 Å². The SMILES string of the molecule is COc1cc([C@@H]2C(=C(O)c3ccccc3)C(=O)C(=O)N2CCN2CCOCC2)cc(OC)c1OC. The van der Waals surface area contributed by atoms with Crippen LogP contribution in [0, 0.1) is 0 Å². The molecule has 35 heavy (non-hydrogen) atoms. The van der Waals surface area contributed by atoms with Crippen LogP contribution in [0.15, 0.2) is 48.0 Å². The number of amides is 1. The van der Waals surface area contributed by atoms with Gasteiger partial charge in [-0.05, 0) is 17.7 Å². The summed E-state index contributed by atoms with van der Waals surface area (Å²) in [5.74, 6) is -0.439. The zero-order valence-electron chi connectivity index (χ0n) is 20.2. The number of carbonyl (C=O) groups is 2. The molecule has 1 N–H and O–H groups in total. The van der Waals surface area contributed by atoms with E-state index >= 15 is 0 Å². The van der Waals surface area contributed by atoms with Gasteiger partial charge in [0, 0.05) is 31.7 Å². The molecule has 0 bridgehead atoms. The van der Waals surface area contributed by atoms with E-state index in [-0.39, 0.29) is 11.3 Å². The van der Waals surface area contributed by atoms with E-state index in [4.69, 9.17) is 18.9 Å². The highest BCUT2D eigenvalue weighted by molar-refractivity contribution is 6.46. The molecule has 0 aliphatic carbocycles. The number of carbonyl (C=O) groups excluding carboxylic acids is 2. The molecule has 0 aromatic heterocycles. The second kappa shape index (κ2) is 10.8. The monoisotopic (exact) mass is 482 g/mol. The van der Waals surface area contributed by atoms with Crippen molar-refractivity contribution in [3.8, 4) is 17.2 Å². The van der Waals surface area contributed by atoms with Crippen molar-refractivity contribution < 1.29 is 33.6 Å². The normalized spacial score (nSPS) is 20.2. The van der Waals surface area contributed by atoms with Gasteiger partial charge in [-0.2, -0.15) is 0 Å². The number of nitrogens with zero attached hydrogens (tertiary/aromatic N) is 2. The van der Waals surface area contributed by atoms with E-state index in [1.807, 2.05) is 6.07 Å². The smallest absolute Gasteiger partial charge is 0.295 e. The van der Waals surface area contributed by atoms with E-state index in [2.05, 4.69) is 4.90 Å². The molecule has 2 fully saturated rings. The second-order valence-corrected chi connectivity index (χ2v) is 8.27. The van der Waals surface area contributed by atoms with Gasteiger partial charge in [-0.3, -0.25) is 14.5 Å². The van der Waals surface area contributed by atoms with Gasteiger partial charge >= 0.3 is 0 Å². The molecule has 2 aliphatic rings. The summed E-state index contributed by atoms with van der Waals surface area (Å²) in [6, 6.07) is 11.3. The molecular weight excluding hydrogens is 452 g/mol. The number of aliphatic hydroxyl groups excluding tert-OH is 1. The summed E-state index contributed by atoms with van der Waals surface area (Å²) in [6.45, 7) is 3.64. The Hall–Kier alpha value is -3.56. The Kier molecular flexibility index (Phi) is 7.57. The van der Waals surface area contributed by atoms with Crippen LogP contribution in [0.5, 0.6) is 17.2 Å². The van der Waals surface area contributed by atoms with Gasteiger partial charge < -0.3 is 29.0 Å². The van der Waals surface area contributed by atoms with Crippen molar-refractivity contribution in [2.45, 2.75) is 6.04 Å². The van der Waals surface area contributed by atoms with Gasteiger partial charge in [0.2, 0.25) is 5.75 Å². The lowest BCUT2D eigenvalue weighted by Gasteiger charge is -2.31. The fourth-order valence-electron chi connectivity index (χ4n) is 4.54. The minimum Gasteiger partial charge on any atom is -0.507 e. The maximum Gasteiger partial charge on any atom is 0.295 e. The van der Waals surface area contributed by atoms with Crippen molar-refractivity contribution in [3.05, 3.63) is 59.2 Å². The lowest BCUT2D eigenvalue weighted by molar-refractivity contribution is -0.140. The molecule has 2 aliphatic heterocycles. The summed E-state index contributed by atoms with van der Waals surface area (Å²) < 4.78 is 21.9. The van der Waals surface area contributed by atoms with Gasteiger partial charge in [-0.1, -0.05) is 30.3 Å². The van der Waals surface area contributed by atoms with Crippen molar-refractivity contribution in [2.75, 3.05) is 60.7 Å². The van der Waals surface area contributed by atoms with Crippen LogP contribution in [-0.4, -0.2) is 87.3 Å².